The molecule has 0 aliphatic carbocycles. The van der Waals surface area contributed by atoms with Crippen molar-refractivity contribution in [2.75, 3.05) is 5.32 Å². The Labute approximate surface area is 165 Å². The molecule has 3 aromatic rings. The molecule has 1 unspecified atom stereocenters. The second-order valence-electron chi connectivity index (χ2n) is 7.30. The van der Waals surface area contributed by atoms with Gasteiger partial charge in [-0.25, -0.2) is 4.79 Å². The van der Waals surface area contributed by atoms with Crippen molar-refractivity contribution in [2.24, 2.45) is 5.73 Å². The summed E-state index contributed by atoms with van der Waals surface area (Å²) in [5.41, 5.74) is 6.54. The molecule has 0 bridgehead atoms. The minimum absolute atomic E-state index is 0.0387. The zero-order valence-corrected chi connectivity index (χ0v) is 15.6. The Hall–Kier alpha value is -4.05. The molecule has 0 fully saturated rings. The lowest BCUT2D eigenvalue weighted by Gasteiger charge is -2.32. The van der Waals surface area contributed by atoms with E-state index in [1.165, 1.54) is 0 Å². The van der Waals surface area contributed by atoms with Crippen LogP contribution in [0, 0.1) is 25.2 Å². The number of amides is 1. The molecule has 0 saturated heterocycles. The van der Waals surface area contributed by atoms with Crippen molar-refractivity contribution < 1.29 is 13.9 Å². The molecule has 1 aromatic heterocycles. The topological polar surface area (TPSA) is 118 Å². The second kappa shape index (κ2) is 5.49. The number of hydrogen-bond acceptors (Lipinski definition) is 6. The van der Waals surface area contributed by atoms with Crippen LogP contribution in [0.5, 0.6) is 5.75 Å². The zero-order chi connectivity index (χ0) is 20.5. The van der Waals surface area contributed by atoms with Crippen molar-refractivity contribution in [3.05, 3.63) is 80.5 Å². The lowest BCUT2D eigenvalue weighted by molar-refractivity contribution is -0.118. The molecule has 0 radical (unpaired) electrons. The van der Waals surface area contributed by atoms with Crippen LogP contribution in [0.2, 0.25) is 0 Å². The summed E-state index contributed by atoms with van der Waals surface area (Å²) in [5.74, 6) is -0.611. The predicted octanol–water partition coefficient (Wildman–Crippen LogP) is 2.73. The number of ether oxygens (including phenoxy) is 1. The highest BCUT2D eigenvalue weighted by atomic mass is 16.5. The molecule has 2 aliphatic rings. The molecule has 2 aromatic carbocycles. The van der Waals surface area contributed by atoms with Crippen LogP contribution in [-0.2, 0) is 10.2 Å². The third-order valence-electron chi connectivity index (χ3n) is 5.50. The zero-order valence-electron chi connectivity index (χ0n) is 15.6. The van der Waals surface area contributed by atoms with Gasteiger partial charge >= 0.3 is 5.63 Å². The van der Waals surface area contributed by atoms with Crippen LogP contribution in [0.15, 0.2) is 57.1 Å². The molecule has 0 saturated carbocycles. The molecule has 1 spiro atoms. The van der Waals surface area contributed by atoms with E-state index in [-0.39, 0.29) is 22.8 Å². The molecule has 7 heteroatoms. The minimum Gasteiger partial charge on any atom is -0.439 e. The smallest absolute Gasteiger partial charge is 0.345 e. The molecule has 5 rings (SSSR count). The van der Waals surface area contributed by atoms with Gasteiger partial charge in [0.25, 0.3) is 0 Å². The third kappa shape index (κ3) is 2.00. The quantitative estimate of drug-likeness (QED) is 0.575. The number of fused-ring (bicyclic) bond motifs is 6. The molecule has 2 aliphatic heterocycles. The summed E-state index contributed by atoms with van der Waals surface area (Å²) in [6.07, 6.45) is 0. The van der Waals surface area contributed by atoms with Crippen LogP contribution in [0.4, 0.5) is 5.69 Å². The van der Waals surface area contributed by atoms with E-state index >= 15 is 0 Å². The van der Waals surface area contributed by atoms with E-state index in [9.17, 15) is 14.9 Å². The monoisotopic (exact) mass is 385 g/mol. The average Bonchev–Trinajstić information content (AvgIpc) is 2.95. The number of benzene rings is 2. The summed E-state index contributed by atoms with van der Waals surface area (Å²) in [7, 11) is 0. The van der Waals surface area contributed by atoms with E-state index in [4.69, 9.17) is 14.9 Å². The first-order valence-electron chi connectivity index (χ1n) is 8.96. The largest absolute Gasteiger partial charge is 0.439 e. The number of anilines is 1. The lowest BCUT2D eigenvalue weighted by atomic mass is 9.69. The van der Waals surface area contributed by atoms with E-state index < -0.39 is 16.9 Å². The van der Waals surface area contributed by atoms with Crippen LogP contribution in [-0.4, -0.2) is 5.91 Å². The maximum absolute atomic E-state index is 13.4. The van der Waals surface area contributed by atoms with Gasteiger partial charge in [0.15, 0.2) is 11.2 Å². The Bertz CT molecular complexity index is 1390. The Morgan fingerprint density at radius 3 is 2.59 bits per heavy atom. The number of nitrogens with two attached hydrogens (primary N) is 1. The number of nitrogens with one attached hydrogen (secondary N) is 1. The number of carbonyl (C=O) groups is 1. The normalized spacial score (nSPS) is 19.6. The summed E-state index contributed by atoms with van der Waals surface area (Å²) in [6.45, 7) is 3.75. The van der Waals surface area contributed by atoms with Crippen molar-refractivity contribution in [3.63, 3.8) is 0 Å². The van der Waals surface area contributed by atoms with Gasteiger partial charge in [0.2, 0.25) is 11.8 Å². The van der Waals surface area contributed by atoms with Gasteiger partial charge in [0.1, 0.15) is 22.8 Å². The molecule has 1 amide bonds. The molecule has 7 nitrogen and oxygen atoms in total. The third-order valence-corrected chi connectivity index (χ3v) is 5.50. The van der Waals surface area contributed by atoms with Crippen molar-refractivity contribution in [1.82, 2.24) is 0 Å². The van der Waals surface area contributed by atoms with Crippen LogP contribution < -0.4 is 21.4 Å². The first-order valence-corrected chi connectivity index (χ1v) is 8.96. The van der Waals surface area contributed by atoms with Gasteiger partial charge in [0.05, 0.1) is 5.39 Å². The summed E-state index contributed by atoms with van der Waals surface area (Å²) < 4.78 is 11.3. The summed E-state index contributed by atoms with van der Waals surface area (Å²) in [6, 6.07) is 12.6. The Balaban J connectivity index is 2.02. The second-order valence-corrected chi connectivity index (χ2v) is 7.30. The number of rotatable bonds is 0. The lowest BCUT2D eigenvalue weighted by Crippen LogP contribution is -2.45. The molecule has 1 atom stereocenters. The Morgan fingerprint density at radius 2 is 1.83 bits per heavy atom. The van der Waals surface area contributed by atoms with Gasteiger partial charge in [-0.15, -0.1) is 0 Å². The minimum atomic E-state index is -1.73. The number of nitriles is 1. The van der Waals surface area contributed by atoms with Gasteiger partial charge in [-0.1, -0.05) is 29.3 Å². The van der Waals surface area contributed by atoms with Crippen LogP contribution >= 0.6 is 0 Å². The Kier molecular flexibility index (Phi) is 3.23. The highest BCUT2D eigenvalue weighted by molar-refractivity contribution is 6.13. The van der Waals surface area contributed by atoms with Crippen molar-refractivity contribution >= 4 is 22.6 Å². The van der Waals surface area contributed by atoms with Crippen LogP contribution in [0.1, 0.15) is 22.3 Å². The van der Waals surface area contributed by atoms with Gasteiger partial charge in [-0.2, -0.15) is 5.26 Å². The number of carbonyl (C=O) groups excluding carboxylic acids is 1. The predicted molar refractivity (Wildman–Crippen MR) is 105 cm³/mol. The fourth-order valence-electron chi connectivity index (χ4n) is 4.24. The average molecular weight is 385 g/mol. The number of aryl methyl sites for hydroxylation is 2. The fraction of sp³-hybridized carbons (Fsp3) is 0.136. The fourth-order valence-corrected chi connectivity index (χ4v) is 4.24. The van der Waals surface area contributed by atoms with Gasteiger partial charge in [0, 0.05) is 11.3 Å². The molecular weight excluding hydrogens is 370 g/mol. The van der Waals surface area contributed by atoms with Gasteiger partial charge in [-0.05, 0) is 32.0 Å². The van der Waals surface area contributed by atoms with Crippen molar-refractivity contribution in [3.8, 4) is 11.8 Å². The Morgan fingerprint density at radius 1 is 1.10 bits per heavy atom. The van der Waals surface area contributed by atoms with E-state index in [2.05, 4.69) is 5.32 Å². The molecule has 29 heavy (non-hydrogen) atoms. The molecule has 142 valence electrons. The first kappa shape index (κ1) is 17.1. The van der Waals surface area contributed by atoms with Gasteiger partial charge < -0.3 is 20.2 Å². The summed E-state index contributed by atoms with van der Waals surface area (Å²) in [4.78, 5) is 26.5. The van der Waals surface area contributed by atoms with Crippen LogP contribution in [0.3, 0.4) is 0 Å². The number of nitrogens with zero attached hydrogens (tertiary/aromatic N) is 1. The standard InChI is InChI=1S/C22H15N3O4/c1-10-4-6-16-12(7-10)18-17(20(26)28-16)22(14(9-23)19(24)29-18)13-8-11(2)3-5-15(13)25-21(22)27/h3-8H,24H2,1-2H3,(H,25,27). The van der Waals surface area contributed by atoms with E-state index in [0.717, 1.165) is 11.1 Å². The van der Waals surface area contributed by atoms with Crippen LogP contribution in [0.25, 0.3) is 11.0 Å². The SMILES string of the molecule is Cc1ccc2c(c1)C1(C(=O)N2)C(C#N)=C(N)Oc2c1c(=O)oc1ccc(C)cc21. The molecule has 3 N–H and O–H groups in total. The van der Waals surface area contributed by atoms with Crippen molar-refractivity contribution in [2.45, 2.75) is 19.3 Å². The summed E-state index contributed by atoms with van der Waals surface area (Å²) in [5, 5.41) is 13.2. The summed E-state index contributed by atoms with van der Waals surface area (Å²) >= 11 is 0. The highest BCUT2D eigenvalue weighted by Crippen LogP contribution is 2.53. The van der Waals surface area contributed by atoms with E-state index in [0.29, 0.717) is 22.2 Å². The first-order chi connectivity index (χ1) is 13.9. The maximum Gasteiger partial charge on any atom is 0.345 e. The maximum atomic E-state index is 13.4. The van der Waals surface area contributed by atoms with Gasteiger partial charge in [-0.3, -0.25) is 4.79 Å². The number of hydrogen-bond donors (Lipinski definition) is 2. The van der Waals surface area contributed by atoms with Crippen molar-refractivity contribution in [1.29, 1.82) is 5.26 Å². The van der Waals surface area contributed by atoms with E-state index in [1.54, 1.807) is 30.3 Å². The molecule has 3 heterocycles. The van der Waals surface area contributed by atoms with E-state index in [1.807, 2.05) is 26.0 Å². The highest BCUT2D eigenvalue weighted by Gasteiger charge is 2.58. The molecular formula is C22H15N3O4.